The van der Waals surface area contributed by atoms with Gasteiger partial charge >= 0.3 is 0 Å². The van der Waals surface area contributed by atoms with Crippen molar-refractivity contribution in [2.75, 3.05) is 12.3 Å². The largest absolute Gasteiger partial charge is 0.398 e. The zero-order chi connectivity index (χ0) is 11.1. The van der Waals surface area contributed by atoms with E-state index in [0.717, 1.165) is 18.6 Å². The van der Waals surface area contributed by atoms with Crippen molar-refractivity contribution >= 4 is 17.3 Å². The molecule has 0 heterocycles. The number of nitrogen functional groups attached to an aromatic ring is 1. The molecule has 2 nitrogen and oxygen atoms in total. The third-order valence-corrected chi connectivity index (χ3v) is 2.49. The van der Waals surface area contributed by atoms with Crippen LogP contribution in [0.4, 0.5) is 5.69 Å². The maximum atomic E-state index is 5.80. The van der Waals surface area contributed by atoms with Crippen LogP contribution in [0.5, 0.6) is 0 Å². The Morgan fingerprint density at radius 3 is 2.80 bits per heavy atom. The molecule has 0 aliphatic carbocycles. The quantitative estimate of drug-likeness (QED) is 0.595. The molecule has 0 unspecified atom stereocenters. The van der Waals surface area contributed by atoms with Crippen LogP contribution < -0.4 is 5.73 Å². The third kappa shape index (κ3) is 4.54. The lowest BCUT2D eigenvalue weighted by atomic mass is 10.2. The van der Waals surface area contributed by atoms with Crippen LogP contribution in [-0.2, 0) is 11.3 Å². The summed E-state index contributed by atoms with van der Waals surface area (Å²) in [6.45, 7) is 3.56. The summed E-state index contributed by atoms with van der Waals surface area (Å²) in [5.74, 6) is 0. The number of hydrogen-bond donors (Lipinski definition) is 1. The van der Waals surface area contributed by atoms with Crippen molar-refractivity contribution in [2.24, 2.45) is 0 Å². The van der Waals surface area contributed by atoms with Crippen LogP contribution in [0.2, 0.25) is 5.02 Å². The van der Waals surface area contributed by atoms with Crippen molar-refractivity contribution in [1.29, 1.82) is 0 Å². The summed E-state index contributed by atoms with van der Waals surface area (Å²) < 4.78 is 5.52. The Balaban J connectivity index is 2.31. The van der Waals surface area contributed by atoms with E-state index in [0.29, 0.717) is 17.3 Å². The lowest BCUT2D eigenvalue weighted by Crippen LogP contribution is -1.99. The molecule has 0 spiro atoms. The van der Waals surface area contributed by atoms with E-state index >= 15 is 0 Å². The van der Waals surface area contributed by atoms with Gasteiger partial charge in [0.2, 0.25) is 0 Å². The summed E-state index contributed by atoms with van der Waals surface area (Å²) in [5, 5.41) is 0.669. The lowest BCUT2D eigenvalue weighted by Gasteiger charge is -2.07. The fourth-order valence-corrected chi connectivity index (χ4v) is 1.51. The second-order valence-electron chi connectivity index (χ2n) is 3.60. The van der Waals surface area contributed by atoms with E-state index in [4.69, 9.17) is 22.1 Å². The predicted molar refractivity (Wildman–Crippen MR) is 65.0 cm³/mol. The van der Waals surface area contributed by atoms with Gasteiger partial charge in [-0.15, -0.1) is 0 Å². The van der Waals surface area contributed by atoms with Crippen LogP contribution in [0.1, 0.15) is 31.7 Å². The van der Waals surface area contributed by atoms with E-state index < -0.39 is 0 Å². The van der Waals surface area contributed by atoms with E-state index in [-0.39, 0.29) is 0 Å². The summed E-state index contributed by atoms with van der Waals surface area (Å²) in [6, 6.07) is 5.51. The monoisotopic (exact) mass is 227 g/mol. The number of nitrogens with two attached hydrogens (primary N) is 1. The molecule has 0 aliphatic heterocycles. The SMILES string of the molecule is CCCCCOCc1ccc(Cl)cc1N. The van der Waals surface area contributed by atoms with E-state index in [1.54, 1.807) is 6.07 Å². The topological polar surface area (TPSA) is 35.2 Å². The maximum Gasteiger partial charge on any atom is 0.0736 e. The Hall–Kier alpha value is -0.730. The Kier molecular flexibility index (Phi) is 5.51. The molecule has 1 aromatic carbocycles. The fraction of sp³-hybridized carbons (Fsp3) is 0.500. The average Bonchev–Trinajstić information content (AvgIpc) is 2.20. The van der Waals surface area contributed by atoms with Crippen molar-refractivity contribution in [3.8, 4) is 0 Å². The minimum atomic E-state index is 0.576. The minimum Gasteiger partial charge on any atom is -0.398 e. The highest BCUT2D eigenvalue weighted by Crippen LogP contribution is 2.18. The molecule has 3 heteroatoms. The number of benzene rings is 1. The van der Waals surface area contributed by atoms with Crippen LogP contribution in [0, 0.1) is 0 Å². The van der Waals surface area contributed by atoms with Crippen LogP contribution in [-0.4, -0.2) is 6.61 Å². The van der Waals surface area contributed by atoms with Gasteiger partial charge in [-0.2, -0.15) is 0 Å². The average molecular weight is 228 g/mol. The van der Waals surface area contributed by atoms with Crippen molar-refractivity contribution in [2.45, 2.75) is 32.8 Å². The molecule has 0 saturated heterocycles. The van der Waals surface area contributed by atoms with E-state index in [2.05, 4.69) is 6.92 Å². The fourth-order valence-electron chi connectivity index (χ4n) is 1.33. The molecule has 0 aliphatic rings. The summed E-state index contributed by atoms with van der Waals surface area (Å²) in [6.07, 6.45) is 3.55. The van der Waals surface area contributed by atoms with Gasteiger partial charge in [0.05, 0.1) is 6.61 Å². The van der Waals surface area contributed by atoms with Gasteiger partial charge in [-0.25, -0.2) is 0 Å². The van der Waals surface area contributed by atoms with Crippen molar-refractivity contribution in [1.82, 2.24) is 0 Å². The molecule has 0 radical (unpaired) electrons. The van der Waals surface area contributed by atoms with Gasteiger partial charge in [0.15, 0.2) is 0 Å². The van der Waals surface area contributed by atoms with Crippen molar-refractivity contribution in [3.05, 3.63) is 28.8 Å². The molecule has 2 N–H and O–H groups in total. The smallest absolute Gasteiger partial charge is 0.0736 e. The van der Waals surface area contributed by atoms with Crippen LogP contribution in [0.3, 0.4) is 0 Å². The Bertz CT molecular complexity index is 302. The first-order valence-electron chi connectivity index (χ1n) is 5.35. The van der Waals surface area contributed by atoms with Crippen molar-refractivity contribution < 1.29 is 4.74 Å². The van der Waals surface area contributed by atoms with Gasteiger partial charge in [0, 0.05) is 22.9 Å². The van der Waals surface area contributed by atoms with E-state index in [1.165, 1.54) is 12.8 Å². The minimum absolute atomic E-state index is 0.576. The molecular formula is C12H18ClNO. The van der Waals surface area contributed by atoms with Gasteiger partial charge in [-0.3, -0.25) is 0 Å². The van der Waals surface area contributed by atoms with E-state index in [9.17, 15) is 0 Å². The van der Waals surface area contributed by atoms with Crippen LogP contribution in [0.15, 0.2) is 18.2 Å². The lowest BCUT2D eigenvalue weighted by molar-refractivity contribution is 0.117. The number of rotatable bonds is 6. The highest BCUT2D eigenvalue weighted by Gasteiger charge is 1.99. The van der Waals surface area contributed by atoms with Crippen LogP contribution >= 0.6 is 11.6 Å². The number of anilines is 1. The molecular weight excluding hydrogens is 210 g/mol. The second kappa shape index (κ2) is 6.70. The summed E-state index contributed by atoms with van der Waals surface area (Å²) in [4.78, 5) is 0. The Labute approximate surface area is 96.4 Å². The zero-order valence-electron chi connectivity index (χ0n) is 9.13. The second-order valence-corrected chi connectivity index (χ2v) is 4.04. The molecule has 1 rings (SSSR count). The summed E-state index contributed by atoms with van der Waals surface area (Å²) in [5.41, 5.74) is 7.51. The molecule has 0 fully saturated rings. The summed E-state index contributed by atoms with van der Waals surface area (Å²) in [7, 11) is 0. The Morgan fingerprint density at radius 1 is 1.33 bits per heavy atom. The molecule has 0 bridgehead atoms. The van der Waals surface area contributed by atoms with E-state index in [1.807, 2.05) is 12.1 Å². The van der Waals surface area contributed by atoms with Gasteiger partial charge in [-0.05, 0) is 18.6 Å². The molecule has 0 atom stereocenters. The molecule has 15 heavy (non-hydrogen) atoms. The molecule has 0 amide bonds. The first-order chi connectivity index (χ1) is 7.24. The number of halogens is 1. The summed E-state index contributed by atoms with van der Waals surface area (Å²) >= 11 is 5.80. The molecule has 1 aromatic rings. The zero-order valence-corrected chi connectivity index (χ0v) is 9.89. The Morgan fingerprint density at radius 2 is 2.13 bits per heavy atom. The van der Waals surface area contributed by atoms with Gasteiger partial charge in [-0.1, -0.05) is 37.4 Å². The number of hydrogen-bond acceptors (Lipinski definition) is 2. The number of unbranched alkanes of at least 4 members (excludes halogenated alkanes) is 2. The van der Waals surface area contributed by atoms with Gasteiger partial charge < -0.3 is 10.5 Å². The third-order valence-electron chi connectivity index (χ3n) is 2.26. The first-order valence-corrected chi connectivity index (χ1v) is 5.73. The predicted octanol–water partition coefficient (Wildman–Crippen LogP) is 3.63. The standard InChI is InChI=1S/C12H18ClNO/c1-2-3-4-7-15-9-10-5-6-11(13)8-12(10)14/h5-6,8H,2-4,7,9,14H2,1H3. The molecule has 84 valence electrons. The highest BCUT2D eigenvalue weighted by atomic mass is 35.5. The molecule has 0 saturated carbocycles. The van der Waals surface area contributed by atoms with Gasteiger partial charge in [0.25, 0.3) is 0 Å². The maximum absolute atomic E-state index is 5.80. The normalized spacial score (nSPS) is 10.5. The van der Waals surface area contributed by atoms with Crippen molar-refractivity contribution in [3.63, 3.8) is 0 Å². The van der Waals surface area contributed by atoms with Gasteiger partial charge in [0.1, 0.15) is 0 Å². The van der Waals surface area contributed by atoms with Crippen LogP contribution in [0.25, 0.3) is 0 Å². The number of ether oxygens (including phenoxy) is 1. The highest BCUT2D eigenvalue weighted by molar-refractivity contribution is 6.30. The molecule has 0 aromatic heterocycles. The first kappa shape index (κ1) is 12.3.